The number of hydrogen-bond donors (Lipinski definition) is 0. The number of hydrogen-bond acceptors (Lipinski definition) is 5. The van der Waals surface area contributed by atoms with E-state index in [0.29, 0.717) is 0 Å². The van der Waals surface area contributed by atoms with Crippen LogP contribution in [-0.4, -0.2) is 34.4 Å². The van der Waals surface area contributed by atoms with Gasteiger partial charge in [-0.15, -0.1) is 11.3 Å². The van der Waals surface area contributed by atoms with Crippen molar-refractivity contribution in [1.29, 1.82) is 0 Å². The van der Waals surface area contributed by atoms with Gasteiger partial charge in [0.1, 0.15) is 16.4 Å². The third kappa shape index (κ3) is 3.15. The fourth-order valence-corrected chi connectivity index (χ4v) is 5.28. The zero-order chi connectivity index (χ0) is 19.8. The molecule has 1 amide bonds. The maximum Gasteiger partial charge on any atom is 0.264 e. The van der Waals surface area contributed by atoms with E-state index in [4.69, 9.17) is 4.74 Å². The Morgan fingerprint density at radius 1 is 1.25 bits per heavy atom. The van der Waals surface area contributed by atoms with Gasteiger partial charge in [-0.25, -0.2) is 9.97 Å². The molecule has 28 heavy (non-hydrogen) atoms. The summed E-state index contributed by atoms with van der Waals surface area (Å²) in [4.78, 5) is 26.5. The van der Waals surface area contributed by atoms with Crippen LogP contribution in [0.3, 0.4) is 0 Å². The summed E-state index contributed by atoms with van der Waals surface area (Å²) in [6.45, 7) is 6.87. The number of carbonyl (C=O) groups excluding carboxylic acids is 1. The Labute approximate surface area is 169 Å². The van der Waals surface area contributed by atoms with Crippen molar-refractivity contribution in [1.82, 2.24) is 14.9 Å². The van der Waals surface area contributed by atoms with Gasteiger partial charge in [-0.3, -0.25) is 4.79 Å². The molecule has 4 rings (SSSR count). The van der Waals surface area contributed by atoms with Gasteiger partial charge in [0.2, 0.25) is 0 Å². The van der Waals surface area contributed by atoms with Crippen LogP contribution in [0.4, 0.5) is 0 Å². The normalized spacial score (nSPS) is 16.7. The summed E-state index contributed by atoms with van der Waals surface area (Å²) in [5, 5.41) is 1.03. The monoisotopic (exact) mass is 395 g/mol. The molecule has 0 N–H and O–H groups in total. The minimum absolute atomic E-state index is 0.108. The Morgan fingerprint density at radius 3 is 2.68 bits per heavy atom. The van der Waals surface area contributed by atoms with Crippen molar-refractivity contribution in [2.75, 3.05) is 13.7 Å². The lowest BCUT2D eigenvalue weighted by Crippen LogP contribution is -2.30. The first-order chi connectivity index (χ1) is 13.5. The number of ether oxygens (including phenoxy) is 1. The molecule has 146 valence electrons. The number of benzene rings is 1. The van der Waals surface area contributed by atoms with Crippen LogP contribution in [-0.2, 0) is 6.42 Å². The molecular formula is C22H25N3O2S. The lowest BCUT2D eigenvalue weighted by Gasteiger charge is -2.25. The van der Waals surface area contributed by atoms with Gasteiger partial charge < -0.3 is 9.64 Å². The highest BCUT2D eigenvalue weighted by atomic mass is 32.1. The molecule has 1 saturated heterocycles. The molecule has 0 spiro atoms. The van der Waals surface area contributed by atoms with Crippen LogP contribution in [0.2, 0.25) is 0 Å². The van der Waals surface area contributed by atoms with Gasteiger partial charge in [-0.05, 0) is 49.9 Å². The first-order valence-corrected chi connectivity index (χ1v) is 10.6. The van der Waals surface area contributed by atoms with Crippen molar-refractivity contribution in [3.8, 4) is 5.75 Å². The molecule has 3 aromatic rings. The average molecular weight is 396 g/mol. The number of fused-ring (bicyclic) bond motifs is 1. The predicted octanol–water partition coefficient (Wildman–Crippen LogP) is 4.86. The second-order valence-corrected chi connectivity index (χ2v) is 8.24. The molecule has 0 radical (unpaired) electrons. The maximum atomic E-state index is 13.5. The van der Waals surface area contributed by atoms with Crippen molar-refractivity contribution in [3.05, 3.63) is 51.8 Å². The number of rotatable bonds is 4. The second-order valence-electron chi connectivity index (χ2n) is 7.24. The molecule has 0 saturated carbocycles. The van der Waals surface area contributed by atoms with E-state index >= 15 is 0 Å². The van der Waals surface area contributed by atoms with Gasteiger partial charge in [0, 0.05) is 24.0 Å². The van der Waals surface area contributed by atoms with Crippen LogP contribution in [0.1, 0.15) is 58.1 Å². The van der Waals surface area contributed by atoms with Gasteiger partial charge in [0.25, 0.3) is 5.91 Å². The van der Waals surface area contributed by atoms with Crippen LogP contribution in [0.5, 0.6) is 5.75 Å². The van der Waals surface area contributed by atoms with Crippen LogP contribution in [0.15, 0.2) is 24.3 Å². The van der Waals surface area contributed by atoms with E-state index in [-0.39, 0.29) is 11.9 Å². The highest BCUT2D eigenvalue weighted by Gasteiger charge is 2.33. The summed E-state index contributed by atoms with van der Waals surface area (Å²) in [6.07, 6.45) is 2.80. The average Bonchev–Trinajstić information content (AvgIpc) is 3.32. The number of methoxy groups -OCH3 is 1. The molecule has 5 nitrogen and oxygen atoms in total. The van der Waals surface area contributed by atoms with E-state index in [1.165, 1.54) is 11.3 Å². The molecule has 0 aliphatic carbocycles. The number of likely N-dealkylation sites (tertiary alicyclic amines) is 1. The highest BCUT2D eigenvalue weighted by molar-refractivity contribution is 7.20. The SMILES string of the molecule is CCc1nc(C)c2c(C)c(C(=O)N3CCC[C@@H]3c3ccc(OC)cc3)sc2n1. The Morgan fingerprint density at radius 2 is 2.00 bits per heavy atom. The van der Waals surface area contributed by atoms with Crippen LogP contribution >= 0.6 is 11.3 Å². The third-order valence-electron chi connectivity index (χ3n) is 5.54. The number of carbonyl (C=O) groups is 1. The lowest BCUT2D eigenvalue weighted by atomic mass is 10.0. The quantitative estimate of drug-likeness (QED) is 0.633. The van der Waals surface area contributed by atoms with E-state index < -0.39 is 0 Å². The Balaban J connectivity index is 1.69. The topological polar surface area (TPSA) is 55.3 Å². The largest absolute Gasteiger partial charge is 0.497 e. The zero-order valence-electron chi connectivity index (χ0n) is 16.8. The van der Waals surface area contributed by atoms with Crippen LogP contribution < -0.4 is 4.74 Å². The first-order valence-electron chi connectivity index (χ1n) is 9.75. The molecule has 2 aromatic heterocycles. The van der Waals surface area contributed by atoms with E-state index in [2.05, 4.69) is 29.0 Å². The predicted molar refractivity (Wildman–Crippen MR) is 112 cm³/mol. The van der Waals surface area contributed by atoms with Gasteiger partial charge in [-0.2, -0.15) is 0 Å². The highest BCUT2D eigenvalue weighted by Crippen LogP contribution is 2.38. The van der Waals surface area contributed by atoms with Gasteiger partial charge in [0.15, 0.2) is 0 Å². The number of nitrogens with zero attached hydrogens (tertiary/aromatic N) is 3. The smallest absolute Gasteiger partial charge is 0.264 e. The third-order valence-corrected chi connectivity index (χ3v) is 6.72. The van der Waals surface area contributed by atoms with Gasteiger partial charge in [0.05, 0.1) is 18.0 Å². The first kappa shape index (κ1) is 18.9. The van der Waals surface area contributed by atoms with Gasteiger partial charge in [-0.1, -0.05) is 19.1 Å². The van der Waals surface area contributed by atoms with Crippen molar-refractivity contribution in [2.45, 2.75) is 46.1 Å². The van der Waals surface area contributed by atoms with Crippen molar-refractivity contribution >= 4 is 27.5 Å². The minimum atomic E-state index is 0.108. The lowest BCUT2D eigenvalue weighted by molar-refractivity contribution is 0.0740. The van der Waals surface area contributed by atoms with E-state index in [1.807, 2.05) is 30.9 Å². The summed E-state index contributed by atoms with van der Waals surface area (Å²) in [7, 11) is 1.67. The summed E-state index contributed by atoms with van der Waals surface area (Å²) in [6, 6.07) is 8.17. The van der Waals surface area contributed by atoms with Crippen molar-refractivity contribution < 1.29 is 9.53 Å². The molecule has 3 heterocycles. The summed E-state index contributed by atoms with van der Waals surface area (Å²) < 4.78 is 5.26. The number of aromatic nitrogens is 2. The number of aryl methyl sites for hydroxylation is 3. The van der Waals surface area contributed by atoms with Gasteiger partial charge >= 0.3 is 0 Å². The van der Waals surface area contributed by atoms with E-state index in [0.717, 1.165) is 69.3 Å². The van der Waals surface area contributed by atoms with Crippen molar-refractivity contribution in [2.24, 2.45) is 0 Å². The summed E-state index contributed by atoms with van der Waals surface area (Å²) >= 11 is 1.50. The molecule has 1 atom stereocenters. The zero-order valence-corrected chi connectivity index (χ0v) is 17.6. The Hall–Kier alpha value is -2.47. The molecule has 1 aliphatic heterocycles. The molecule has 1 aromatic carbocycles. The standard InChI is InChI=1S/C22H25N3O2S/c1-5-18-23-14(3)19-13(2)20(28-21(19)24-18)22(26)25-12-6-7-17(25)15-8-10-16(27-4)11-9-15/h8-11,17H,5-7,12H2,1-4H3/t17-/m1/s1. The Kier molecular flexibility index (Phi) is 5.06. The fourth-order valence-electron chi connectivity index (χ4n) is 4.07. The summed E-state index contributed by atoms with van der Waals surface area (Å²) in [5.74, 6) is 1.78. The molecule has 0 bridgehead atoms. The maximum absolute atomic E-state index is 13.5. The van der Waals surface area contributed by atoms with Crippen molar-refractivity contribution in [3.63, 3.8) is 0 Å². The number of amides is 1. The summed E-state index contributed by atoms with van der Waals surface area (Å²) in [5.41, 5.74) is 3.13. The van der Waals surface area contributed by atoms with Crippen LogP contribution in [0, 0.1) is 13.8 Å². The van der Waals surface area contributed by atoms with E-state index in [9.17, 15) is 4.79 Å². The number of thiophene rings is 1. The molecule has 0 unspecified atom stereocenters. The molecule has 1 aliphatic rings. The van der Waals surface area contributed by atoms with E-state index in [1.54, 1.807) is 7.11 Å². The second kappa shape index (κ2) is 7.51. The minimum Gasteiger partial charge on any atom is -0.497 e. The fraction of sp³-hybridized carbons (Fsp3) is 0.409. The Bertz CT molecular complexity index is 1030. The molecule has 1 fully saturated rings. The molecular weight excluding hydrogens is 370 g/mol. The molecule has 6 heteroatoms. The van der Waals surface area contributed by atoms with Crippen LogP contribution in [0.25, 0.3) is 10.2 Å².